The molecular weight excluding hydrogens is 398 g/mol. The molecule has 0 fully saturated rings. The first-order valence-electron chi connectivity index (χ1n) is 7.38. The number of hydrogen-bond donors (Lipinski definition) is 3. The number of hydrogen-bond acceptors (Lipinski definition) is 5. The fourth-order valence-corrected chi connectivity index (χ4v) is 2.55. The van der Waals surface area contributed by atoms with Gasteiger partial charge in [0.2, 0.25) is 5.91 Å². The summed E-state index contributed by atoms with van der Waals surface area (Å²) in [7, 11) is 0. The maximum absolute atomic E-state index is 11.4. The van der Waals surface area contributed by atoms with Crippen LogP contribution < -0.4 is 5.32 Å². The molecule has 0 aliphatic carbocycles. The summed E-state index contributed by atoms with van der Waals surface area (Å²) in [5.74, 6) is -0.616. The van der Waals surface area contributed by atoms with E-state index in [1.807, 2.05) is 12.1 Å². The number of phenols is 2. The molecule has 0 aliphatic heterocycles. The molecule has 3 rings (SSSR count). The smallest absolute Gasteiger partial charge is 0.221 e. The van der Waals surface area contributed by atoms with Crippen molar-refractivity contribution in [1.29, 1.82) is 0 Å². The number of carbonyl (C=O) groups excluding carboxylic acids is 1. The largest absolute Gasteiger partial charge is 0.506 e. The molecule has 3 aromatic carbocycles. The maximum atomic E-state index is 11.4. The number of nitrogens with one attached hydrogen (secondary N) is 1. The van der Waals surface area contributed by atoms with Crippen LogP contribution in [0.4, 0.5) is 17.1 Å². The van der Waals surface area contributed by atoms with Gasteiger partial charge >= 0.3 is 0 Å². The number of phenolic OH excluding ortho intramolecular Hbond substituents is 2. The molecule has 0 aromatic heterocycles. The van der Waals surface area contributed by atoms with Crippen molar-refractivity contribution in [3.63, 3.8) is 0 Å². The number of aromatic hydroxyl groups is 2. The first-order valence-corrected chi connectivity index (χ1v) is 7.76. The summed E-state index contributed by atoms with van der Waals surface area (Å²) in [6.07, 6.45) is 0. The molecule has 1 amide bonds. The number of amides is 1. The summed E-state index contributed by atoms with van der Waals surface area (Å²) >= 11 is 5.90. The Morgan fingerprint density at radius 2 is 1.81 bits per heavy atom. The molecule has 0 aliphatic rings. The van der Waals surface area contributed by atoms with Crippen molar-refractivity contribution in [2.24, 2.45) is 10.2 Å². The number of azo groups is 1. The molecule has 134 valence electrons. The third-order valence-electron chi connectivity index (χ3n) is 3.50. The zero-order valence-electron chi connectivity index (χ0n) is 13.5. The van der Waals surface area contributed by atoms with E-state index in [4.69, 9.17) is 11.6 Å². The minimum absolute atomic E-state index is 0. The zero-order chi connectivity index (χ0) is 18.0. The Labute approximate surface area is 165 Å². The minimum Gasteiger partial charge on any atom is -0.506 e. The van der Waals surface area contributed by atoms with Crippen LogP contribution in [0.15, 0.2) is 58.8 Å². The van der Waals surface area contributed by atoms with E-state index in [-0.39, 0.29) is 51.5 Å². The van der Waals surface area contributed by atoms with Crippen molar-refractivity contribution >= 4 is 45.3 Å². The number of benzene rings is 3. The van der Waals surface area contributed by atoms with Crippen LogP contribution in [0.1, 0.15) is 6.92 Å². The van der Waals surface area contributed by atoms with E-state index >= 15 is 0 Å². The van der Waals surface area contributed by atoms with Crippen LogP contribution in [0.25, 0.3) is 10.8 Å². The van der Waals surface area contributed by atoms with Crippen LogP contribution in [-0.4, -0.2) is 16.1 Å². The van der Waals surface area contributed by atoms with Gasteiger partial charge in [0.15, 0.2) is 5.75 Å². The van der Waals surface area contributed by atoms with E-state index < -0.39 is 0 Å². The van der Waals surface area contributed by atoms with Crippen LogP contribution in [-0.2, 0) is 21.9 Å². The standard InChI is InChI=1S/C18H14ClN3O3.Fe/c1-10(23)20-15-8-11-4-2-3-5-13(11)17(18(15)25)22-21-14-9-12(19)6-7-16(14)24;/h2-9,24-25H,1H3,(H,20,23);. The van der Waals surface area contributed by atoms with Crippen molar-refractivity contribution < 1.29 is 32.1 Å². The second kappa shape index (κ2) is 8.19. The minimum atomic E-state index is -0.319. The molecule has 6 nitrogen and oxygen atoms in total. The molecule has 0 atom stereocenters. The molecule has 0 saturated heterocycles. The van der Waals surface area contributed by atoms with Gasteiger partial charge < -0.3 is 15.5 Å². The van der Waals surface area contributed by atoms with Crippen molar-refractivity contribution in [3.05, 3.63) is 53.6 Å². The van der Waals surface area contributed by atoms with Gasteiger partial charge in [-0.2, -0.15) is 0 Å². The SMILES string of the molecule is CC(=O)Nc1cc2ccccc2c(N=Nc2cc(Cl)ccc2O)c1O.[Fe]. The fourth-order valence-electron chi connectivity index (χ4n) is 2.38. The third kappa shape index (κ3) is 4.14. The molecule has 3 N–H and O–H groups in total. The fraction of sp³-hybridized carbons (Fsp3) is 0.0556. The van der Waals surface area contributed by atoms with Crippen LogP contribution in [0.3, 0.4) is 0 Å². The van der Waals surface area contributed by atoms with Crippen LogP contribution in [0, 0.1) is 0 Å². The molecule has 8 heteroatoms. The summed E-state index contributed by atoms with van der Waals surface area (Å²) < 4.78 is 0. The number of carbonyl (C=O) groups is 1. The summed E-state index contributed by atoms with van der Waals surface area (Å²) in [6.45, 7) is 1.35. The Morgan fingerprint density at radius 1 is 1.08 bits per heavy atom. The molecule has 0 bridgehead atoms. The van der Waals surface area contributed by atoms with Gasteiger partial charge in [0.1, 0.15) is 17.1 Å². The molecule has 0 unspecified atom stereocenters. The van der Waals surface area contributed by atoms with Crippen molar-refractivity contribution in [3.8, 4) is 11.5 Å². The third-order valence-corrected chi connectivity index (χ3v) is 3.74. The average molecular weight is 412 g/mol. The van der Waals surface area contributed by atoms with E-state index in [9.17, 15) is 15.0 Å². The Hall–Kier alpha value is -2.60. The molecule has 0 heterocycles. The average Bonchev–Trinajstić information content (AvgIpc) is 2.57. The summed E-state index contributed by atoms with van der Waals surface area (Å²) in [6, 6.07) is 13.3. The van der Waals surface area contributed by atoms with Crippen LogP contribution in [0.2, 0.25) is 5.02 Å². The Bertz CT molecular complexity index is 1010. The first-order chi connectivity index (χ1) is 12.0. The number of rotatable bonds is 3. The van der Waals surface area contributed by atoms with Crippen molar-refractivity contribution in [2.75, 3.05) is 5.32 Å². The monoisotopic (exact) mass is 411 g/mol. The van der Waals surface area contributed by atoms with Gasteiger partial charge in [-0.05, 0) is 29.7 Å². The Morgan fingerprint density at radius 3 is 2.54 bits per heavy atom. The van der Waals surface area contributed by atoms with Gasteiger partial charge in [-0.3, -0.25) is 4.79 Å². The predicted molar refractivity (Wildman–Crippen MR) is 97.2 cm³/mol. The van der Waals surface area contributed by atoms with Gasteiger partial charge in [-0.25, -0.2) is 0 Å². The van der Waals surface area contributed by atoms with Gasteiger partial charge in [0, 0.05) is 34.4 Å². The second-order valence-corrected chi connectivity index (χ2v) is 5.79. The van der Waals surface area contributed by atoms with Gasteiger partial charge in [-0.1, -0.05) is 35.9 Å². The Balaban J connectivity index is 0.00000243. The predicted octanol–water partition coefficient (Wildman–Crippen LogP) is 5.28. The normalized spacial score (nSPS) is 10.7. The number of halogens is 1. The van der Waals surface area contributed by atoms with Gasteiger partial charge in [0.25, 0.3) is 0 Å². The van der Waals surface area contributed by atoms with E-state index in [0.717, 1.165) is 5.39 Å². The van der Waals surface area contributed by atoms with Crippen molar-refractivity contribution in [1.82, 2.24) is 0 Å². The van der Waals surface area contributed by atoms with E-state index in [0.29, 0.717) is 10.4 Å². The van der Waals surface area contributed by atoms with E-state index in [2.05, 4.69) is 15.5 Å². The maximum Gasteiger partial charge on any atom is 0.221 e. The topological polar surface area (TPSA) is 94.3 Å². The van der Waals surface area contributed by atoms with Gasteiger partial charge in [-0.15, -0.1) is 10.2 Å². The molecule has 0 radical (unpaired) electrons. The number of anilines is 1. The first kappa shape index (κ1) is 19.7. The second-order valence-electron chi connectivity index (χ2n) is 5.36. The molecule has 0 spiro atoms. The van der Waals surface area contributed by atoms with Crippen LogP contribution in [0.5, 0.6) is 11.5 Å². The number of nitrogens with zero attached hydrogens (tertiary/aromatic N) is 2. The summed E-state index contributed by atoms with van der Waals surface area (Å²) in [5.41, 5.74) is 0.581. The van der Waals surface area contributed by atoms with E-state index in [1.165, 1.54) is 25.1 Å². The van der Waals surface area contributed by atoms with Gasteiger partial charge in [0.05, 0.1) is 5.69 Å². The summed E-state index contributed by atoms with van der Waals surface area (Å²) in [4.78, 5) is 11.4. The van der Waals surface area contributed by atoms with Crippen molar-refractivity contribution in [2.45, 2.75) is 6.92 Å². The molecule has 0 saturated carbocycles. The molecule has 3 aromatic rings. The zero-order valence-corrected chi connectivity index (χ0v) is 15.4. The quantitative estimate of drug-likeness (QED) is 0.311. The van der Waals surface area contributed by atoms with E-state index in [1.54, 1.807) is 18.2 Å². The summed E-state index contributed by atoms with van der Waals surface area (Å²) in [5, 5.41) is 32.8. The number of fused-ring (bicyclic) bond motifs is 1. The van der Waals surface area contributed by atoms with Crippen LogP contribution >= 0.6 is 11.6 Å². The molecule has 26 heavy (non-hydrogen) atoms. The Kier molecular flexibility index (Phi) is 6.21. The molecular formula is C18H14ClFeN3O3.